The summed E-state index contributed by atoms with van der Waals surface area (Å²) in [6.45, 7) is 2.75. The summed E-state index contributed by atoms with van der Waals surface area (Å²) in [5.41, 5.74) is 0.520. The molecule has 82 valence electrons. The van der Waals surface area contributed by atoms with E-state index in [1.807, 2.05) is 6.07 Å². The summed E-state index contributed by atoms with van der Waals surface area (Å²) in [5.74, 6) is 1.15. The Morgan fingerprint density at radius 1 is 1.40 bits per heavy atom. The summed E-state index contributed by atoms with van der Waals surface area (Å²) >= 11 is 0. The molecule has 0 aliphatic carbocycles. The van der Waals surface area contributed by atoms with Crippen LogP contribution in [0.1, 0.15) is 30.1 Å². The molecule has 0 unspecified atom stereocenters. The average molecular weight is 208 g/mol. The number of methoxy groups -OCH3 is 1. The van der Waals surface area contributed by atoms with Gasteiger partial charge in [-0.15, -0.1) is 0 Å². The molecule has 0 atom stereocenters. The lowest BCUT2D eigenvalue weighted by atomic mass is 10.2. The number of rotatable bonds is 6. The molecular weight excluding hydrogens is 192 g/mol. The Morgan fingerprint density at radius 3 is 2.80 bits per heavy atom. The molecule has 1 aromatic carbocycles. The van der Waals surface area contributed by atoms with Crippen LogP contribution < -0.4 is 9.47 Å². The van der Waals surface area contributed by atoms with E-state index in [1.54, 1.807) is 12.1 Å². The Kier molecular flexibility index (Phi) is 4.68. The maximum absolute atomic E-state index is 10.7. The molecule has 0 spiro atoms. The first-order valence-electron chi connectivity index (χ1n) is 5.08. The van der Waals surface area contributed by atoms with Crippen LogP contribution >= 0.6 is 0 Å². The van der Waals surface area contributed by atoms with Crippen molar-refractivity contribution in [3.8, 4) is 11.5 Å². The molecule has 0 aliphatic heterocycles. The molecule has 0 saturated carbocycles. The van der Waals surface area contributed by atoms with Crippen molar-refractivity contribution in [3.63, 3.8) is 0 Å². The van der Waals surface area contributed by atoms with Crippen LogP contribution in [0.2, 0.25) is 0 Å². The van der Waals surface area contributed by atoms with Crippen LogP contribution in [0.25, 0.3) is 0 Å². The highest BCUT2D eigenvalue weighted by atomic mass is 16.5. The summed E-state index contributed by atoms with van der Waals surface area (Å²) in [7, 11) is 1.54. The number of para-hydroxylation sites is 1. The molecule has 0 aromatic heterocycles. The van der Waals surface area contributed by atoms with E-state index in [-0.39, 0.29) is 0 Å². The van der Waals surface area contributed by atoms with Gasteiger partial charge in [-0.2, -0.15) is 0 Å². The van der Waals surface area contributed by atoms with E-state index >= 15 is 0 Å². The topological polar surface area (TPSA) is 35.5 Å². The quantitative estimate of drug-likeness (QED) is 0.532. The second-order valence-corrected chi connectivity index (χ2v) is 3.20. The second-order valence-electron chi connectivity index (χ2n) is 3.20. The van der Waals surface area contributed by atoms with Gasteiger partial charge in [0.25, 0.3) is 0 Å². The van der Waals surface area contributed by atoms with Crippen LogP contribution in [0.4, 0.5) is 0 Å². The normalized spacial score (nSPS) is 9.73. The largest absolute Gasteiger partial charge is 0.492 e. The van der Waals surface area contributed by atoms with Gasteiger partial charge < -0.3 is 9.47 Å². The van der Waals surface area contributed by atoms with Gasteiger partial charge in [-0.3, -0.25) is 4.79 Å². The van der Waals surface area contributed by atoms with Gasteiger partial charge in [-0.05, 0) is 18.6 Å². The lowest BCUT2D eigenvalue weighted by Gasteiger charge is -2.11. The number of hydrogen-bond acceptors (Lipinski definition) is 3. The van der Waals surface area contributed by atoms with Crippen LogP contribution in [0.3, 0.4) is 0 Å². The van der Waals surface area contributed by atoms with Gasteiger partial charge >= 0.3 is 0 Å². The highest BCUT2D eigenvalue weighted by Gasteiger charge is 2.08. The van der Waals surface area contributed by atoms with Crippen LogP contribution in [0, 0.1) is 0 Å². The summed E-state index contributed by atoms with van der Waals surface area (Å²) in [4.78, 5) is 10.7. The van der Waals surface area contributed by atoms with Crippen molar-refractivity contribution in [1.29, 1.82) is 0 Å². The average Bonchev–Trinajstić information content (AvgIpc) is 2.29. The molecule has 0 saturated heterocycles. The van der Waals surface area contributed by atoms with Gasteiger partial charge in [0.05, 0.1) is 19.3 Å². The number of carbonyl (C=O) groups excluding carboxylic acids is 1. The van der Waals surface area contributed by atoms with Crippen LogP contribution in [-0.2, 0) is 0 Å². The number of ether oxygens (including phenoxy) is 2. The molecule has 0 amide bonds. The van der Waals surface area contributed by atoms with Gasteiger partial charge in [0.1, 0.15) is 0 Å². The minimum atomic E-state index is 0.517. The molecular formula is C12H16O3. The van der Waals surface area contributed by atoms with E-state index in [2.05, 4.69) is 6.92 Å². The van der Waals surface area contributed by atoms with Crippen molar-refractivity contribution in [2.45, 2.75) is 19.8 Å². The fourth-order valence-corrected chi connectivity index (χ4v) is 1.28. The van der Waals surface area contributed by atoms with Gasteiger partial charge in [0, 0.05) is 0 Å². The van der Waals surface area contributed by atoms with Crippen LogP contribution in [0.15, 0.2) is 18.2 Å². The molecule has 0 radical (unpaired) electrons. The standard InChI is InChI=1S/C12H16O3/c1-3-4-8-15-11-7-5-6-10(9-13)12(11)14-2/h5-7,9H,3-4,8H2,1-2H3. The maximum atomic E-state index is 10.7. The summed E-state index contributed by atoms with van der Waals surface area (Å²) in [6.07, 6.45) is 2.84. The van der Waals surface area contributed by atoms with Gasteiger partial charge in [-0.25, -0.2) is 0 Å². The van der Waals surface area contributed by atoms with Crippen molar-refractivity contribution in [1.82, 2.24) is 0 Å². The van der Waals surface area contributed by atoms with Crippen molar-refractivity contribution in [2.24, 2.45) is 0 Å². The van der Waals surface area contributed by atoms with Gasteiger partial charge in [0.15, 0.2) is 17.8 Å². The van der Waals surface area contributed by atoms with E-state index in [9.17, 15) is 4.79 Å². The lowest BCUT2D eigenvalue weighted by Crippen LogP contribution is -2.00. The predicted molar refractivity (Wildman–Crippen MR) is 58.8 cm³/mol. The second kappa shape index (κ2) is 6.06. The first-order chi connectivity index (χ1) is 7.33. The lowest BCUT2D eigenvalue weighted by molar-refractivity contribution is 0.111. The molecule has 1 rings (SSSR count). The first kappa shape index (κ1) is 11.6. The third-order valence-corrected chi connectivity index (χ3v) is 2.10. The highest BCUT2D eigenvalue weighted by molar-refractivity contribution is 5.81. The minimum absolute atomic E-state index is 0.517. The Hall–Kier alpha value is -1.51. The van der Waals surface area contributed by atoms with Gasteiger partial charge in [-0.1, -0.05) is 19.4 Å². The van der Waals surface area contributed by atoms with E-state index in [0.29, 0.717) is 23.7 Å². The van der Waals surface area contributed by atoms with Crippen molar-refractivity contribution in [3.05, 3.63) is 23.8 Å². The zero-order valence-electron chi connectivity index (χ0n) is 9.16. The van der Waals surface area contributed by atoms with Crippen LogP contribution in [-0.4, -0.2) is 20.0 Å². The number of aldehydes is 1. The Balaban J connectivity index is 2.81. The molecule has 0 aliphatic rings. The molecule has 3 heteroatoms. The monoisotopic (exact) mass is 208 g/mol. The number of carbonyl (C=O) groups is 1. The van der Waals surface area contributed by atoms with Crippen LogP contribution in [0.5, 0.6) is 11.5 Å². The molecule has 0 bridgehead atoms. The van der Waals surface area contributed by atoms with E-state index < -0.39 is 0 Å². The summed E-state index contributed by atoms with van der Waals surface area (Å²) in [6, 6.07) is 5.30. The molecule has 0 heterocycles. The Labute approximate surface area is 90.0 Å². The number of benzene rings is 1. The van der Waals surface area contributed by atoms with Crippen molar-refractivity contribution >= 4 is 6.29 Å². The minimum Gasteiger partial charge on any atom is -0.492 e. The first-order valence-corrected chi connectivity index (χ1v) is 5.08. The highest BCUT2D eigenvalue weighted by Crippen LogP contribution is 2.29. The fourth-order valence-electron chi connectivity index (χ4n) is 1.28. The van der Waals surface area contributed by atoms with E-state index in [1.165, 1.54) is 7.11 Å². The molecule has 0 fully saturated rings. The number of hydrogen-bond donors (Lipinski definition) is 0. The molecule has 0 N–H and O–H groups in total. The Bertz CT molecular complexity index is 321. The third kappa shape index (κ3) is 2.98. The molecule has 1 aromatic rings. The zero-order chi connectivity index (χ0) is 11.1. The molecule has 15 heavy (non-hydrogen) atoms. The molecule has 3 nitrogen and oxygen atoms in total. The van der Waals surface area contributed by atoms with Crippen molar-refractivity contribution in [2.75, 3.05) is 13.7 Å². The predicted octanol–water partition coefficient (Wildman–Crippen LogP) is 2.69. The summed E-state index contributed by atoms with van der Waals surface area (Å²) < 4.78 is 10.7. The Morgan fingerprint density at radius 2 is 2.20 bits per heavy atom. The smallest absolute Gasteiger partial charge is 0.171 e. The number of unbranched alkanes of at least 4 members (excludes halogenated alkanes) is 1. The SMILES string of the molecule is CCCCOc1cccc(C=O)c1OC. The maximum Gasteiger partial charge on any atom is 0.171 e. The summed E-state index contributed by atoms with van der Waals surface area (Å²) in [5, 5.41) is 0. The van der Waals surface area contributed by atoms with E-state index in [4.69, 9.17) is 9.47 Å². The van der Waals surface area contributed by atoms with E-state index in [0.717, 1.165) is 19.1 Å². The third-order valence-electron chi connectivity index (χ3n) is 2.10. The zero-order valence-corrected chi connectivity index (χ0v) is 9.16. The van der Waals surface area contributed by atoms with Gasteiger partial charge in [0.2, 0.25) is 0 Å². The van der Waals surface area contributed by atoms with Crippen molar-refractivity contribution < 1.29 is 14.3 Å². The fraction of sp³-hybridized carbons (Fsp3) is 0.417.